The van der Waals surface area contributed by atoms with Gasteiger partial charge in [0, 0.05) is 37.3 Å². The zero-order valence-corrected chi connectivity index (χ0v) is 14.9. The minimum atomic E-state index is -0.207. The Kier molecular flexibility index (Phi) is 7.17. The lowest BCUT2D eigenvalue weighted by atomic mass is 10.1. The van der Waals surface area contributed by atoms with E-state index in [0.717, 1.165) is 12.1 Å². The van der Waals surface area contributed by atoms with E-state index >= 15 is 0 Å². The molecule has 0 radical (unpaired) electrons. The summed E-state index contributed by atoms with van der Waals surface area (Å²) in [5.41, 5.74) is 8.16. The van der Waals surface area contributed by atoms with Crippen molar-refractivity contribution >= 4 is 23.2 Å². The number of phenols is 1. The highest BCUT2D eigenvalue weighted by Gasteiger charge is 2.16. The highest BCUT2D eigenvalue weighted by molar-refractivity contribution is 5.98. The topological polar surface area (TPSA) is 95.7 Å². The molecule has 0 fully saturated rings. The largest absolute Gasteiger partial charge is 0.508 e. The smallest absolute Gasteiger partial charge is 0.227 e. The molecule has 2 aromatic rings. The van der Waals surface area contributed by atoms with E-state index in [2.05, 4.69) is 12.2 Å². The molecule has 6 nitrogen and oxygen atoms in total. The molecule has 0 bridgehead atoms. The Hall–Kier alpha value is -2.86. The minimum absolute atomic E-state index is 0.0831. The van der Waals surface area contributed by atoms with E-state index in [-0.39, 0.29) is 30.4 Å². The van der Waals surface area contributed by atoms with Crippen LogP contribution in [-0.2, 0) is 16.0 Å². The molecular formula is C20H25N3O3. The van der Waals surface area contributed by atoms with Gasteiger partial charge in [0.15, 0.2) is 0 Å². The van der Waals surface area contributed by atoms with E-state index in [9.17, 15) is 14.7 Å². The van der Waals surface area contributed by atoms with Crippen molar-refractivity contribution in [2.24, 2.45) is 5.73 Å². The molecule has 0 aromatic heterocycles. The quantitative estimate of drug-likeness (QED) is 0.678. The van der Waals surface area contributed by atoms with Gasteiger partial charge in [-0.1, -0.05) is 19.1 Å². The second-order valence-corrected chi connectivity index (χ2v) is 5.95. The molecule has 0 saturated carbocycles. The van der Waals surface area contributed by atoms with Crippen LogP contribution in [-0.4, -0.2) is 30.0 Å². The van der Waals surface area contributed by atoms with Crippen molar-refractivity contribution in [1.82, 2.24) is 0 Å². The predicted octanol–water partition coefficient (Wildman–Crippen LogP) is 2.67. The molecule has 26 heavy (non-hydrogen) atoms. The SMILES string of the molecule is CCc1ccc(NC(=O)CCC(=O)N(CCN)c2ccc(O)cc2)cc1. The highest BCUT2D eigenvalue weighted by atomic mass is 16.3. The number of carbonyl (C=O) groups is 2. The number of rotatable bonds is 8. The number of anilines is 2. The van der Waals surface area contributed by atoms with Gasteiger partial charge in [-0.05, 0) is 48.4 Å². The molecule has 2 aromatic carbocycles. The van der Waals surface area contributed by atoms with Crippen LogP contribution in [0.4, 0.5) is 11.4 Å². The Morgan fingerprint density at radius 3 is 2.27 bits per heavy atom. The number of aromatic hydroxyl groups is 1. The summed E-state index contributed by atoms with van der Waals surface area (Å²) in [6.07, 6.45) is 1.12. The number of carbonyl (C=O) groups excluding carboxylic acids is 2. The van der Waals surface area contributed by atoms with E-state index in [1.165, 1.54) is 22.6 Å². The van der Waals surface area contributed by atoms with Crippen molar-refractivity contribution in [3.63, 3.8) is 0 Å². The minimum Gasteiger partial charge on any atom is -0.508 e. The summed E-state index contributed by atoms with van der Waals surface area (Å²) in [4.78, 5) is 26.1. The fourth-order valence-electron chi connectivity index (χ4n) is 2.56. The maximum absolute atomic E-state index is 12.5. The molecule has 4 N–H and O–H groups in total. The van der Waals surface area contributed by atoms with Gasteiger partial charge in [0.2, 0.25) is 11.8 Å². The first-order valence-corrected chi connectivity index (χ1v) is 8.71. The van der Waals surface area contributed by atoms with Crippen molar-refractivity contribution in [3.8, 4) is 5.75 Å². The molecule has 0 unspecified atom stereocenters. The van der Waals surface area contributed by atoms with Gasteiger partial charge in [-0.3, -0.25) is 9.59 Å². The van der Waals surface area contributed by atoms with Crippen molar-refractivity contribution in [1.29, 1.82) is 0 Å². The first-order valence-electron chi connectivity index (χ1n) is 8.71. The Morgan fingerprint density at radius 1 is 1.04 bits per heavy atom. The van der Waals surface area contributed by atoms with E-state index in [0.29, 0.717) is 18.8 Å². The van der Waals surface area contributed by atoms with Crippen molar-refractivity contribution in [2.45, 2.75) is 26.2 Å². The number of phenolic OH excluding ortho intramolecular Hbond substituents is 1. The standard InChI is InChI=1S/C20H25N3O3/c1-2-15-3-5-16(6-4-15)22-19(25)11-12-20(26)23(14-13-21)17-7-9-18(24)10-8-17/h3-10,24H,2,11-14,21H2,1H3,(H,22,25). The third-order valence-corrected chi connectivity index (χ3v) is 4.03. The van der Waals surface area contributed by atoms with Crippen LogP contribution in [0.3, 0.4) is 0 Å². The lowest BCUT2D eigenvalue weighted by Gasteiger charge is -2.22. The van der Waals surface area contributed by atoms with E-state index in [4.69, 9.17) is 5.73 Å². The molecule has 0 aliphatic heterocycles. The molecule has 0 heterocycles. The molecule has 0 aliphatic rings. The molecule has 138 valence electrons. The fraction of sp³-hybridized carbons (Fsp3) is 0.300. The van der Waals surface area contributed by atoms with Crippen molar-refractivity contribution in [3.05, 3.63) is 54.1 Å². The first kappa shape index (κ1) is 19.5. The molecule has 2 rings (SSSR count). The van der Waals surface area contributed by atoms with Gasteiger partial charge in [-0.25, -0.2) is 0 Å². The van der Waals surface area contributed by atoms with Crippen LogP contribution in [0.2, 0.25) is 0 Å². The van der Waals surface area contributed by atoms with Crippen LogP contribution < -0.4 is 16.0 Å². The van der Waals surface area contributed by atoms with Crippen LogP contribution in [0.15, 0.2) is 48.5 Å². The number of hydrogen-bond acceptors (Lipinski definition) is 4. The zero-order chi connectivity index (χ0) is 18.9. The Labute approximate surface area is 153 Å². The predicted molar refractivity (Wildman–Crippen MR) is 103 cm³/mol. The first-order chi connectivity index (χ1) is 12.5. The fourth-order valence-corrected chi connectivity index (χ4v) is 2.56. The van der Waals surface area contributed by atoms with Crippen molar-refractivity contribution in [2.75, 3.05) is 23.3 Å². The number of benzene rings is 2. The Balaban J connectivity index is 1.91. The molecular weight excluding hydrogens is 330 g/mol. The van der Waals surface area contributed by atoms with Gasteiger partial charge in [0.05, 0.1) is 0 Å². The number of amides is 2. The van der Waals surface area contributed by atoms with E-state index < -0.39 is 0 Å². The van der Waals surface area contributed by atoms with Gasteiger partial charge in [-0.2, -0.15) is 0 Å². The monoisotopic (exact) mass is 355 g/mol. The van der Waals surface area contributed by atoms with Gasteiger partial charge < -0.3 is 21.1 Å². The van der Waals surface area contributed by atoms with Crippen LogP contribution in [0.1, 0.15) is 25.3 Å². The van der Waals surface area contributed by atoms with Gasteiger partial charge >= 0.3 is 0 Å². The molecule has 0 spiro atoms. The summed E-state index contributed by atoms with van der Waals surface area (Å²) in [5, 5.41) is 12.2. The van der Waals surface area contributed by atoms with Crippen LogP contribution in [0.5, 0.6) is 5.75 Å². The van der Waals surface area contributed by atoms with Crippen LogP contribution in [0.25, 0.3) is 0 Å². The summed E-state index contributed by atoms with van der Waals surface area (Å²) in [6.45, 7) is 2.73. The normalized spacial score (nSPS) is 10.4. The Bertz CT molecular complexity index is 727. The second kappa shape index (κ2) is 9.58. The number of hydrogen-bond donors (Lipinski definition) is 3. The highest BCUT2D eigenvalue weighted by Crippen LogP contribution is 2.19. The molecule has 0 atom stereocenters. The number of nitrogens with zero attached hydrogens (tertiary/aromatic N) is 1. The molecule has 0 saturated heterocycles. The molecule has 6 heteroatoms. The third kappa shape index (κ3) is 5.60. The number of nitrogens with two attached hydrogens (primary N) is 1. The summed E-state index contributed by atoms with van der Waals surface area (Å²) in [6, 6.07) is 14.0. The second-order valence-electron chi connectivity index (χ2n) is 5.95. The molecule has 2 amide bonds. The number of aryl methyl sites for hydroxylation is 1. The van der Waals surface area contributed by atoms with Crippen LogP contribution >= 0.6 is 0 Å². The summed E-state index contributed by atoms with van der Waals surface area (Å²) < 4.78 is 0. The average Bonchev–Trinajstić information content (AvgIpc) is 2.65. The summed E-state index contributed by atoms with van der Waals surface area (Å²) >= 11 is 0. The lowest BCUT2D eigenvalue weighted by Crippen LogP contribution is -2.35. The van der Waals surface area contributed by atoms with Gasteiger partial charge in [0.25, 0.3) is 0 Å². The lowest BCUT2D eigenvalue weighted by molar-refractivity contribution is -0.122. The van der Waals surface area contributed by atoms with E-state index in [1.807, 2.05) is 24.3 Å². The van der Waals surface area contributed by atoms with Crippen molar-refractivity contribution < 1.29 is 14.7 Å². The van der Waals surface area contributed by atoms with E-state index in [1.54, 1.807) is 12.1 Å². The van der Waals surface area contributed by atoms with Gasteiger partial charge in [-0.15, -0.1) is 0 Å². The molecule has 0 aliphatic carbocycles. The Morgan fingerprint density at radius 2 is 1.69 bits per heavy atom. The zero-order valence-electron chi connectivity index (χ0n) is 14.9. The maximum atomic E-state index is 12.5. The van der Waals surface area contributed by atoms with Crippen LogP contribution in [0, 0.1) is 0 Å². The maximum Gasteiger partial charge on any atom is 0.227 e. The summed E-state index contributed by atoms with van der Waals surface area (Å²) in [5.74, 6) is -0.263. The number of nitrogens with one attached hydrogen (secondary N) is 1. The third-order valence-electron chi connectivity index (χ3n) is 4.03. The average molecular weight is 355 g/mol. The van der Waals surface area contributed by atoms with Gasteiger partial charge in [0.1, 0.15) is 5.75 Å². The summed E-state index contributed by atoms with van der Waals surface area (Å²) in [7, 11) is 0.